The van der Waals surface area contributed by atoms with Gasteiger partial charge in [0.05, 0.1) is 6.04 Å². The lowest BCUT2D eigenvalue weighted by molar-refractivity contribution is 0.137. The number of hydrogen-bond acceptors (Lipinski definition) is 4. The number of benzene rings is 3. The molecule has 5 heteroatoms. The van der Waals surface area contributed by atoms with Crippen LogP contribution in [-0.4, -0.2) is 24.4 Å². The summed E-state index contributed by atoms with van der Waals surface area (Å²) in [5.74, 6) is 0.0245. The zero-order valence-electron chi connectivity index (χ0n) is 17.0. The average Bonchev–Trinajstić information content (AvgIpc) is 3.37. The van der Waals surface area contributed by atoms with E-state index in [9.17, 15) is 9.90 Å². The average molecular weight is 430 g/mol. The summed E-state index contributed by atoms with van der Waals surface area (Å²) in [6.45, 7) is 0.259. The lowest BCUT2D eigenvalue weighted by atomic mass is 9.98. The van der Waals surface area contributed by atoms with Crippen molar-refractivity contribution in [2.75, 3.05) is 13.2 Å². The zero-order valence-corrected chi connectivity index (χ0v) is 17.8. The molecule has 0 unspecified atom stereocenters. The Labute approximate surface area is 185 Å². The van der Waals surface area contributed by atoms with Gasteiger partial charge in [0.15, 0.2) is 0 Å². The van der Waals surface area contributed by atoms with Crippen LogP contribution in [0.1, 0.15) is 35.1 Å². The Morgan fingerprint density at radius 2 is 1.61 bits per heavy atom. The van der Waals surface area contributed by atoms with Crippen molar-refractivity contribution in [3.63, 3.8) is 0 Å². The molecule has 4 nitrogen and oxygen atoms in total. The van der Waals surface area contributed by atoms with E-state index in [0.29, 0.717) is 6.42 Å². The lowest BCUT2D eigenvalue weighted by Crippen LogP contribution is -2.30. The third-order valence-corrected chi connectivity index (χ3v) is 6.92. The molecule has 0 aliphatic heterocycles. The minimum Gasteiger partial charge on any atom is -0.449 e. The number of nitrogens with one attached hydrogen (secondary N) is 1. The standard InChI is InChI=1S/C26H23NO3S/c28-14-13-24(23-16-31-25-12-6-5-11-21(23)25)27-26(29)30-15-22-19-9-3-1-7-17(19)18-8-2-4-10-20(18)22/h1-12,16,22,24,28H,13-15H2,(H,27,29)/t24-/m1/s1. The first-order valence-corrected chi connectivity index (χ1v) is 11.3. The normalized spacial score (nSPS) is 13.6. The van der Waals surface area contributed by atoms with Crippen molar-refractivity contribution in [3.8, 4) is 11.1 Å². The van der Waals surface area contributed by atoms with E-state index in [2.05, 4.69) is 41.0 Å². The fraction of sp³-hybridized carbons (Fsp3) is 0.192. The summed E-state index contributed by atoms with van der Waals surface area (Å²) in [5, 5.41) is 15.7. The van der Waals surface area contributed by atoms with Crippen molar-refractivity contribution in [3.05, 3.63) is 94.9 Å². The molecule has 4 aromatic rings. The summed E-state index contributed by atoms with van der Waals surface area (Å²) >= 11 is 1.64. The number of hydrogen-bond donors (Lipinski definition) is 2. The molecule has 0 bridgehead atoms. The number of aliphatic hydroxyl groups is 1. The molecule has 1 aliphatic carbocycles. The fourth-order valence-electron chi connectivity index (χ4n) is 4.49. The molecule has 1 atom stereocenters. The van der Waals surface area contributed by atoms with Gasteiger partial charge in [-0.15, -0.1) is 11.3 Å². The van der Waals surface area contributed by atoms with Crippen LogP contribution < -0.4 is 5.32 Å². The van der Waals surface area contributed by atoms with Crippen LogP contribution in [-0.2, 0) is 4.74 Å². The van der Waals surface area contributed by atoms with Crippen LogP contribution in [0.4, 0.5) is 4.79 Å². The molecule has 3 aromatic carbocycles. The van der Waals surface area contributed by atoms with Gasteiger partial charge in [-0.1, -0.05) is 66.7 Å². The van der Waals surface area contributed by atoms with Gasteiger partial charge in [0.2, 0.25) is 0 Å². The summed E-state index contributed by atoms with van der Waals surface area (Å²) in [5.41, 5.74) is 5.80. The topological polar surface area (TPSA) is 58.6 Å². The quantitative estimate of drug-likeness (QED) is 0.403. The maximum Gasteiger partial charge on any atom is 0.407 e. The second-order valence-corrected chi connectivity index (χ2v) is 8.63. The Kier molecular flexibility index (Phi) is 5.45. The highest BCUT2D eigenvalue weighted by molar-refractivity contribution is 7.17. The summed E-state index contributed by atoms with van der Waals surface area (Å²) in [6.07, 6.45) is -0.0270. The van der Waals surface area contributed by atoms with Crippen molar-refractivity contribution in [1.29, 1.82) is 0 Å². The number of alkyl carbamates (subject to hydrolysis) is 1. The van der Waals surface area contributed by atoms with Crippen LogP contribution in [0.3, 0.4) is 0 Å². The van der Waals surface area contributed by atoms with Crippen molar-refractivity contribution >= 4 is 27.5 Å². The molecule has 31 heavy (non-hydrogen) atoms. The molecule has 5 rings (SSSR count). The van der Waals surface area contributed by atoms with Crippen molar-refractivity contribution in [2.24, 2.45) is 0 Å². The van der Waals surface area contributed by atoms with E-state index >= 15 is 0 Å². The first-order valence-electron chi connectivity index (χ1n) is 10.4. The van der Waals surface area contributed by atoms with E-state index in [1.807, 2.05) is 42.5 Å². The van der Waals surface area contributed by atoms with Gasteiger partial charge < -0.3 is 15.2 Å². The summed E-state index contributed by atoms with van der Waals surface area (Å²) < 4.78 is 6.86. The molecule has 0 radical (unpaired) electrons. The van der Waals surface area contributed by atoms with Gasteiger partial charge in [-0.3, -0.25) is 0 Å². The van der Waals surface area contributed by atoms with Crippen LogP contribution in [0.5, 0.6) is 0 Å². The molecule has 0 fully saturated rings. The maximum absolute atomic E-state index is 12.7. The second-order valence-electron chi connectivity index (χ2n) is 7.72. The molecule has 1 aromatic heterocycles. The third kappa shape index (κ3) is 3.71. The Hall–Kier alpha value is -3.15. The Morgan fingerprint density at radius 1 is 0.968 bits per heavy atom. The zero-order chi connectivity index (χ0) is 21.2. The number of fused-ring (bicyclic) bond motifs is 4. The third-order valence-electron chi connectivity index (χ3n) is 5.94. The Bertz CT molecular complexity index is 1190. The van der Waals surface area contributed by atoms with Gasteiger partial charge in [-0.25, -0.2) is 4.79 Å². The SMILES string of the molecule is O=C(N[C@H](CCO)c1csc2ccccc12)OCC1c2ccccc2-c2ccccc21. The number of ether oxygens (including phenoxy) is 1. The van der Waals surface area contributed by atoms with Crippen LogP contribution in [0.15, 0.2) is 78.2 Å². The molecular formula is C26H23NO3S. The molecule has 2 N–H and O–H groups in total. The Balaban J connectivity index is 1.32. The maximum atomic E-state index is 12.7. The first-order chi connectivity index (χ1) is 15.3. The van der Waals surface area contributed by atoms with Crippen LogP contribution in [0.25, 0.3) is 21.2 Å². The van der Waals surface area contributed by atoms with E-state index in [-0.39, 0.29) is 25.2 Å². The van der Waals surface area contributed by atoms with Gasteiger partial charge in [-0.05, 0) is 51.1 Å². The fourth-order valence-corrected chi connectivity index (χ4v) is 5.50. The summed E-state index contributed by atoms with van der Waals surface area (Å²) in [4.78, 5) is 12.7. The highest BCUT2D eigenvalue weighted by Gasteiger charge is 2.29. The smallest absolute Gasteiger partial charge is 0.407 e. The highest BCUT2D eigenvalue weighted by Crippen LogP contribution is 2.44. The van der Waals surface area contributed by atoms with Gasteiger partial charge in [0, 0.05) is 17.2 Å². The van der Waals surface area contributed by atoms with E-state index in [1.54, 1.807) is 11.3 Å². The number of thiophene rings is 1. The molecular weight excluding hydrogens is 406 g/mol. The largest absolute Gasteiger partial charge is 0.449 e. The Morgan fingerprint density at radius 3 is 2.32 bits per heavy atom. The van der Waals surface area contributed by atoms with E-state index in [1.165, 1.54) is 22.3 Å². The lowest BCUT2D eigenvalue weighted by Gasteiger charge is -2.19. The minimum absolute atomic E-state index is 0.0154. The number of carbonyl (C=O) groups is 1. The van der Waals surface area contributed by atoms with E-state index in [0.717, 1.165) is 15.6 Å². The van der Waals surface area contributed by atoms with Gasteiger partial charge in [0.25, 0.3) is 0 Å². The predicted octanol–water partition coefficient (Wildman–Crippen LogP) is 5.86. The summed E-state index contributed by atoms with van der Waals surface area (Å²) in [6, 6.07) is 24.4. The molecule has 1 aliphatic rings. The van der Waals surface area contributed by atoms with Crippen molar-refractivity contribution in [1.82, 2.24) is 5.32 Å². The first kappa shape index (κ1) is 19.8. The molecule has 156 valence electrons. The van der Waals surface area contributed by atoms with Gasteiger partial charge in [-0.2, -0.15) is 0 Å². The van der Waals surface area contributed by atoms with Gasteiger partial charge in [0.1, 0.15) is 6.61 Å². The number of amides is 1. The van der Waals surface area contributed by atoms with Crippen LogP contribution in [0, 0.1) is 0 Å². The molecule has 1 heterocycles. The molecule has 0 saturated heterocycles. The molecule has 0 spiro atoms. The molecule has 0 saturated carbocycles. The number of aliphatic hydroxyl groups excluding tert-OH is 1. The number of carbonyl (C=O) groups excluding carboxylic acids is 1. The van der Waals surface area contributed by atoms with E-state index < -0.39 is 6.09 Å². The summed E-state index contributed by atoms with van der Waals surface area (Å²) in [7, 11) is 0. The number of rotatable bonds is 6. The van der Waals surface area contributed by atoms with Crippen LogP contribution >= 0.6 is 11.3 Å². The predicted molar refractivity (Wildman–Crippen MR) is 124 cm³/mol. The van der Waals surface area contributed by atoms with Gasteiger partial charge >= 0.3 is 6.09 Å². The minimum atomic E-state index is -0.462. The van der Waals surface area contributed by atoms with Crippen molar-refractivity contribution < 1.29 is 14.6 Å². The monoisotopic (exact) mass is 429 g/mol. The van der Waals surface area contributed by atoms with Crippen LogP contribution in [0.2, 0.25) is 0 Å². The molecule has 1 amide bonds. The van der Waals surface area contributed by atoms with Crippen molar-refractivity contribution in [2.45, 2.75) is 18.4 Å². The second kappa shape index (κ2) is 8.53. The van der Waals surface area contributed by atoms with E-state index in [4.69, 9.17) is 4.74 Å². The highest BCUT2D eigenvalue weighted by atomic mass is 32.1.